The zero-order chi connectivity index (χ0) is 14.0. The van der Waals surface area contributed by atoms with Gasteiger partial charge in [-0.3, -0.25) is 0 Å². The maximum atomic E-state index is 6.04. The fourth-order valence-corrected chi connectivity index (χ4v) is 1.98. The third-order valence-electron chi connectivity index (χ3n) is 3.34. The Labute approximate surface area is 115 Å². The zero-order valence-electron chi connectivity index (χ0n) is 12.3. The minimum atomic E-state index is 0.0152. The molecule has 19 heavy (non-hydrogen) atoms. The van der Waals surface area contributed by atoms with E-state index in [1.165, 1.54) is 5.56 Å². The smallest absolute Gasteiger partial charge is 0.222 e. The molecule has 0 fully saturated rings. The molecule has 0 N–H and O–H groups in total. The predicted octanol–water partition coefficient (Wildman–Crippen LogP) is 4.79. The van der Waals surface area contributed by atoms with E-state index < -0.39 is 0 Å². The molecule has 0 amide bonds. The first kappa shape index (κ1) is 13.6. The summed E-state index contributed by atoms with van der Waals surface area (Å²) >= 11 is 0. The molecule has 2 heteroatoms. The highest BCUT2D eigenvalue weighted by atomic mass is 16.5. The lowest BCUT2D eigenvalue weighted by Crippen LogP contribution is -2.13. The van der Waals surface area contributed by atoms with E-state index in [2.05, 4.69) is 51.7 Å². The van der Waals surface area contributed by atoms with Gasteiger partial charge in [0.2, 0.25) is 5.88 Å². The molecule has 0 saturated carbocycles. The molecule has 2 rings (SSSR count). The highest BCUT2D eigenvalue weighted by Gasteiger charge is 2.20. The number of aryl methyl sites for hydroxylation is 1. The number of hydrogen-bond donors (Lipinski definition) is 0. The lowest BCUT2D eigenvalue weighted by molar-refractivity contribution is 0.433. The summed E-state index contributed by atoms with van der Waals surface area (Å²) in [5, 5.41) is 0. The molecule has 2 nitrogen and oxygen atoms in total. The van der Waals surface area contributed by atoms with Gasteiger partial charge in [-0.2, -0.15) is 0 Å². The van der Waals surface area contributed by atoms with Gasteiger partial charge in [0.1, 0.15) is 5.75 Å². The average Bonchev–Trinajstić information content (AvgIpc) is 2.34. The van der Waals surface area contributed by atoms with Crippen molar-refractivity contribution in [3.05, 3.63) is 53.2 Å². The molecule has 1 aromatic heterocycles. The van der Waals surface area contributed by atoms with Gasteiger partial charge in [0.05, 0.1) is 0 Å². The molecule has 100 valence electrons. The molecule has 1 aromatic carbocycles. The molecular formula is C17H21NO. The van der Waals surface area contributed by atoms with Crippen molar-refractivity contribution in [1.82, 2.24) is 4.98 Å². The Bertz CT molecular complexity index is 582. The molecule has 0 atom stereocenters. The van der Waals surface area contributed by atoms with Crippen LogP contribution in [0, 0.1) is 13.8 Å². The molecule has 0 radical (unpaired) electrons. The molecule has 0 aliphatic rings. The molecule has 0 aliphatic heterocycles. The first-order valence-corrected chi connectivity index (χ1v) is 6.59. The van der Waals surface area contributed by atoms with Gasteiger partial charge >= 0.3 is 0 Å². The summed E-state index contributed by atoms with van der Waals surface area (Å²) in [6, 6.07) is 10.1. The number of benzene rings is 1. The second-order valence-corrected chi connectivity index (χ2v) is 5.91. The van der Waals surface area contributed by atoms with Crippen LogP contribution < -0.4 is 4.74 Å². The maximum absolute atomic E-state index is 6.04. The van der Waals surface area contributed by atoms with Crippen LogP contribution in [0.2, 0.25) is 0 Å². The lowest BCUT2D eigenvalue weighted by Gasteiger charge is -2.22. The summed E-state index contributed by atoms with van der Waals surface area (Å²) in [6.45, 7) is 10.7. The summed E-state index contributed by atoms with van der Waals surface area (Å²) in [7, 11) is 0. The van der Waals surface area contributed by atoms with Gasteiger partial charge in [-0.05, 0) is 42.5 Å². The Morgan fingerprint density at radius 2 is 1.74 bits per heavy atom. The van der Waals surface area contributed by atoms with Crippen molar-refractivity contribution in [1.29, 1.82) is 0 Å². The van der Waals surface area contributed by atoms with Crippen LogP contribution in [-0.4, -0.2) is 4.98 Å². The van der Waals surface area contributed by atoms with E-state index in [0.717, 1.165) is 16.9 Å². The molecule has 0 unspecified atom stereocenters. The standard InChI is InChI=1S/C17H21NO/c1-12-8-6-10-15(13(12)2)19-16-14(17(3,4)5)9-7-11-18-16/h6-11H,1-5H3. The fourth-order valence-electron chi connectivity index (χ4n) is 1.98. The summed E-state index contributed by atoms with van der Waals surface area (Å²) in [6.07, 6.45) is 1.77. The van der Waals surface area contributed by atoms with Crippen LogP contribution >= 0.6 is 0 Å². The van der Waals surface area contributed by atoms with Gasteiger partial charge in [-0.15, -0.1) is 0 Å². The van der Waals surface area contributed by atoms with E-state index in [4.69, 9.17) is 4.74 Å². The van der Waals surface area contributed by atoms with E-state index in [1.54, 1.807) is 6.20 Å². The van der Waals surface area contributed by atoms with Crippen molar-refractivity contribution in [3.63, 3.8) is 0 Å². The first-order chi connectivity index (χ1) is 8.89. The van der Waals surface area contributed by atoms with E-state index in [0.29, 0.717) is 5.88 Å². The SMILES string of the molecule is Cc1cccc(Oc2ncccc2C(C)(C)C)c1C. The summed E-state index contributed by atoms with van der Waals surface area (Å²) in [5.41, 5.74) is 3.52. The highest BCUT2D eigenvalue weighted by molar-refractivity contribution is 5.42. The average molecular weight is 255 g/mol. The van der Waals surface area contributed by atoms with Crippen LogP contribution in [-0.2, 0) is 5.41 Å². The molecule has 1 heterocycles. The lowest BCUT2D eigenvalue weighted by atomic mass is 9.88. The monoisotopic (exact) mass is 255 g/mol. The van der Waals surface area contributed by atoms with E-state index in [1.807, 2.05) is 18.2 Å². The van der Waals surface area contributed by atoms with Crippen molar-refractivity contribution < 1.29 is 4.74 Å². The molecule has 0 spiro atoms. The second-order valence-electron chi connectivity index (χ2n) is 5.91. The van der Waals surface area contributed by atoms with E-state index in [-0.39, 0.29) is 5.41 Å². The maximum Gasteiger partial charge on any atom is 0.222 e. The van der Waals surface area contributed by atoms with Crippen LogP contribution in [0.4, 0.5) is 0 Å². The van der Waals surface area contributed by atoms with Crippen LogP contribution in [0.3, 0.4) is 0 Å². The van der Waals surface area contributed by atoms with Crippen LogP contribution in [0.15, 0.2) is 36.5 Å². The number of aromatic nitrogens is 1. The highest BCUT2D eigenvalue weighted by Crippen LogP contribution is 2.33. The summed E-state index contributed by atoms with van der Waals surface area (Å²) < 4.78 is 6.04. The minimum Gasteiger partial charge on any atom is -0.438 e. The van der Waals surface area contributed by atoms with Crippen LogP contribution in [0.25, 0.3) is 0 Å². The van der Waals surface area contributed by atoms with Gasteiger partial charge in [-0.1, -0.05) is 39.0 Å². The number of ether oxygens (including phenoxy) is 1. The third-order valence-corrected chi connectivity index (χ3v) is 3.34. The topological polar surface area (TPSA) is 22.1 Å². The quantitative estimate of drug-likeness (QED) is 0.769. The Hall–Kier alpha value is -1.83. The van der Waals surface area contributed by atoms with Crippen molar-refractivity contribution in [2.75, 3.05) is 0 Å². The number of nitrogens with zero attached hydrogens (tertiary/aromatic N) is 1. The van der Waals surface area contributed by atoms with Gasteiger partial charge in [0.15, 0.2) is 0 Å². The molecule has 2 aromatic rings. The second kappa shape index (κ2) is 5.04. The number of pyridine rings is 1. The van der Waals surface area contributed by atoms with Crippen molar-refractivity contribution in [2.24, 2.45) is 0 Å². The van der Waals surface area contributed by atoms with Crippen molar-refractivity contribution in [2.45, 2.75) is 40.0 Å². The van der Waals surface area contributed by atoms with E-state index >= 15 is 0 Å². The minimum absolute atomic E-state index is 0.0152. The number of hydrogen-bond acceptors (Lipinski definition) is 2. The number of rotatable bonds is 2. The predicted molar refractivity (Wildman–Crippen MR) is 78.9 cm³/mol. The summed E-state index contributed by atoms with van der Waals surface area (Å²) in [5.74, 6) is 1.58. The van der Waals surface area contributed by atoms with Crippen LogP contribution in [0.5, 0.6) is 11.6 Å². The van der Waals surface area contributed by atoms with Crippen molar-refractivity contribution >= 4 is 0 Å². The van der Waals surface area contributed by atoms with E-state index in [9.17, 15) is 0 Å². The zero-order valence-corrected chi connectivity index (χ0v) is 12.3. The van der Waals surface area contributed by atoms with Gasteiger partial charge in [0.25, 0.3) is 0 Å². The first-order valence-electron chi connectivity index (χ1n) is 6.59. The third kappa shape index (κ3) is 2.95. The molecule has 0 aliphatic carbocycles. The van der Waals surface area contributed by atoms with Gasteiger partial charge < -0.3 is 4.74 Å². The molecule has 0 saturated heterocycles. The molecular weight excluding hydrogens is 234 g/mol. The van der Waals surface area contributed by atoms with Crippen molar-refractivity contribution in [3.8, 4) is 11.6 Å². The Balaban J connectivity index is 2.42. The van der Waals surface area contributed by atoms with Gasteiger partial charge in [0, 0.05) is 11.8 Å². The van der Waals surface area contributed by atoms with Crippen LogP contribution in [0.1, 0.15) is 37.5 Å². The Morgan fingerprint density at radius 1 is 1.00 bits per heavy atom. The summed E-state index contributed by atoms with van der Waals surface area (Å²) in [4.78, 5) is 4.39. The van der Waals surface area contributed by atoms with Gasteiger partial charge in [-0.25, -0.2) is 4.98 Å². The fraction of sp³-hybridized carbons (Fsp3) is 0.353. The Morgan fingerprint density at radius 3 is 2.42 bits per heavy atom. The Kier molecular flexibility index (Phi) is 3.61. The largest absolute Gasteiger partial charge is 0.438 e. The molecule has 0 bridgehead atoms. The normalized spacial score (nSPS) is 11.4.